The minimum atomic E-state index is -0.289. The van der Waals surface area contributed by atoms with Gasteiger partial charge in [-0.05, 0) is 17.9 Å². The quantitative estimate of drug-likeness (QED) is 0.926. The number of hydrogen-bond donors (Lipinski definition) is 1. The molecule has 1 amide bonds. The van der Waals surface area contributed by atoms with Crippen molar-refractivity contribution in [3.05, 3.63) is 35.0 Å². The van der Waals surface area contributed by atoms with Crippen LogP contribution in [0.4, 0.5) is 0 Å². The van der Waals surface area contributed by atoms with Crippen LogP contribution in [0, 0.1) is 5.41 Å². The zero-order chi connectivity index (χ0) is 17.5. The highest BCUT2D eigenvalue weighted by molar-refractivity contribution is 6.02. The lowest BCUT2D eigenvalue weighted by Crippen LogP contribution is -2.40. The second-order valence-electron chi connectivity index (χ2n) is 7.22. The highest BCUT2D eigenvalue weighted by Gasteiger charge is 2.41. The number of carbonyl (C=O) groups is 2. The molecule has 5 heteroatoms. The highest BCUT2D eigenvalue weighted by Crippen LogP contribution is 2.47. The van der Waals surface area contributed by atoms with Gasteiger partial charge in [0, 0.05) is 35.6 Å². The SMILES string of the molecule is COc1cccc([C@@H]2CC(=O)NC3=C2C(=O)CC(C)(C)C3)c1OC. The van der Waals surface area contributed by atoms with Crippen LogP contribution in [-0.4, -0.2) is 25.9 Å². The molecule has 0 fully saturated rings. The molecule has 1 aromatic carbocycles. The van der Waals surface area contributed by atoms with Gasteiger partial charge in [0.15, 0.2) is 17.3 Å². The second kappa shape index (κ2) is 5.96. The summed E-state index contributed by atoms with van der Waals surface area (Å²) in [5.74, 6) is 0.948. The normalized spacial score (nSPS) is 22.8. The predicted molar refractivity (Wildman–Crippen MR) is 90.1 cm³/mol. The average molecular weight is 329 g/mol. The van der Waals surface area contributed by atoms with Crippen LogP contribution in [-0.2, 0) is 9.59 Å². The molecule has 24 heavy (non-hydrogen) atoms. The van der Waals surface area contributed by atoms with Crippen LogP contribution < -0.4 is 14.8 Å². The molecule has 1 aliphatic heterocycles. The van der Waals surface area contributed by atoms with Crippen LogP contribution >= 0.6 is 0 Å². The highest BCUT2D eigenvalue weighted by atomic mass is 16.5. The summed E-state index contributed by atoms with van der Waals surface area (Å²) in [6, 6.07) is 5.58. The van der Waals surface area contributed by atoms with E-state index < -0.39 is 0 Å². The molecule has 3 rings (SSSR count). The van der Waals surface area contributed by atoms with E-state index in [0.29, 0.717) is 24.3 Å². The summed E-state index contributed by atoms with van der Waals surface area (Å²) in [6.07, 6.45) is 1.43. The Morgan fingerprint density at radius 1 is 1.12 bits per heavy atom. The molecule has 0 radical (unpaired) electrons. The van der Waals surface area contributed by atoms with E-state index in [4.69, 9.17) is 9.47 Å². The number of para-hydroxylation sites is 1. The summed E-state index contributed by atoms with van der Waals surface area (Å²) in [5.41, 5.74) is 2.18. The van der Waals surface area contributed by atoms with Crippen molar-refractivity contribution in [1.29, 1.82) is 0 Å². The molecule has 5 nitrogen and oxygen atoms in total. The number of nitrogens with one attached hydrogen (secondary N) is 1. The molecular formula is C19H23NO4. The fourth-order valence-electron chi connectivity index (χ4n) is 3.81. The summed E-state index contributed by atoms with van der Waals surface area (Å²) < 4.78 is 10.9. The predicted octanol–water partition coefficient (Wildman–Crippen LogP) is 2.95. The topological polar surface area (TPSA) is 64.6 Å². The maximum absolute atomic E-state index is 12.8. The summed E-state index contributed by atoms with van der Waals surface area (Å²) in [7, 11) is 3.15. The molecule has 0 spiro atoms. The van der Waals surface area contributed by atoms with E-state index in [1.807, 2.05) is 18.2 Å². The smallest absolute Gasteiger partial charge is 0.225 e. The Bertz CT molecular complexity index is 733. The van der Waals surface area contributed by atoms with Gasteiger partial charge in [0.25, 0.3) is 0 Å². The van der Waals surface area contributed by atoms with Gasteiger partial charge in [0.1, 0.15) is 0 Å². The first-order chi connectivity index (χ1) is 11.4. The van der Waals surface area contributed by atoms with Crippen molar-refractivity contribution >= 4 is 11.7 Å². The Morgan fingerprint density at radius 2 is 1.88 bits per heavy atom. The van der Waals surface area contributed by atoms with E-state index in [-0.39, 0.29) is 29.4 Å². The van der Waals surface area contributed by atoms with E-state index in [1.165, 1.54) is 0 Å². The third-order valence-electron chi connectivity index (χ3n) is 4.76. The lowest BCUT2D eigenvalue weighted by atomic mass is 9.70. The fraction of sp³-hybridized carbons (Fsp3) is 0.474. The third kappa shape index (κ3) is 2.79. The molecule has 1 heterocycles. The van der Waals surface area contributed by atoms with Crippen LogP contribution in [0.1, 0.15) is 44.6 Å². The Kier molecular flexibility index (Phi) is 4.11. The first kappa shape index (κ1) is 16.6. The fourth-order valence-corrected chi connectivity index (χ4v) is 3.81. The van der Waals surface area contributed by atoms with Crippen molar-refractivity contribution in [2.24, 2.45) is 5.41 Å². The van der Waals surface area contributed by atoms with Gasteiger partial charge in [-0.2, -0.15) is 0 Å². The zero-order valence-corrected chi connectivity index (χ0v) is 14.6. The number of carbonyl (C=O) groups excluding carboxylic acids is 2. The molecule has 0 bridgehead atoms. The average Bonchev–Trinajstić information content (AvgIpc) is 2.51. The lowest BCUT2D eigenvalue weighted by Gasteiger charge is -2.38. The number of ether oxygens (including phenoxy) is 2. The summed E-state index contributed by atoms with van der Waals surface area (Å²) in [4.78, 5) is 25.1. The molecule has 1 N–H and O–H groups in total. The standard InChI is InChI=1S/C19H23NO4/c1-19(2)9-13-17(14(21)10-19)12(8-16(22)20-13)11-6-5-7-15(23-3)18(11)24-4/h5-7,12H,8-10H2,1-4H3,(H,20,22)/t12-/m0/s1. The molecule has 128 valence electrons. The number of methoxy groups -OCH3 is 2. The minimum Gasteiger partial charge on any atom is -0.493 e. The first-order valence-corrected chi connectivity index (χ1v) is 8.13. The number of hydrogen-bond acceptors (Lipinski definition) is 4. The molecule has 2 aliphatic rings. The number of benzene rings is 1. The Hall–Kier alpha value is -2.30. The molecule has 0 aromatic heterocycles. The van der Waals surface area contributed by atoms with Crippen molar-refractivity contribution in [3.8, 4) is 11.5 Å². The summed E-state index contributed by atoms with van der Waals surface area (Å²) in [6.45, 7) is 4.10. The Balaban J connectivity index is 2.14. The van der Waals surface area contributed by atoms with E-state index in [9.17, 15) is 9.59 Å². The van der Waals surface area contributed by atoms with Crippen LogP contribution in [0.5, 0.6) is 11.5 Å². The van der Waals surface area contributed by atoms with Crippen LogP contribution in [0.2, 0.25) is 0 Å². The van der Waals surface area contributed by atoms with E-state index >= 15 is 0 Å². The first-order valence-electron chi connectivity index (χ1n) is 8.13. The molecule has 0 unspecified atom stereocenters. The van der Waals surface area contributed by atoms with Gasteiger partial charge in [0.05, 0.1) is 14.2 Å². The maximum atomic E-state index is 12.8. The number of amides is 1. The number of rotatable bonds is 3. The van der Waals surface area contributed by atoms with Gasteiger partial charge in [-0.1, -0.05) is 26.0 Å². The molecule has 0 saturated heterocycles. The number of allylic oxidation sites excluding steroid dienone is 2. The molecular weight excluding hydrogens is 306 g/mol. The second-order valence-corrected chi connectivity index (χ2v) is 7.22. The van der Waals surface area contributed by atoms with Crippen molar-refractivity contribution < 1.29 is 19.1 Å². The van der Waals surface area contributed by atoms with Crippen LogP contribution in [0.25, 0.3) is 0 Å². The molecule has 1 aromatic rings. The van der Waals surface area contributed by atoms with Crippen molar-refractivity contribution in [3.63, 3.8) is 0 Å². The summed E-state index contributed by atoms with van der Waals surface area (Å²) >= 11 is 0. The summed E-state index contributed by atoms with van der Waals surface area (Å²) in [5, 5.41) is 2.92. The number of ketones is 1. The van der Waals surface area contributed by atoms with Crippen molar-refractivity contribution in [1.82, 2.24) is 5.32 Å². The van der Waals surface area contributed by atoms with Gasteiger partial charge < -0.3 is 14.8 Å². The van der Waals surface area contributed by atoms with E-state index in [0.717, 1.165) is 16.8 Å². The lowest BCUT2D eigenvalue weighted by molar-refractivity contribution is -0.122. The van der Waals surface area contributed by atoms with Gasteiger partial charge in [0.2, 0.25) is 5.91 Å². The third-order valence-corrected chi connectivity index (χ3v) is 4.76. The van der Waals surface area contributed by atoms with E-state index in [1.54, 1.807) is 14.2 Å². The van der Waals surface area contributed by atoms with Crippen molar-refractivity contribution in [2.75, 3.05) is 14.2 Å². The van der Waals surface area contributed by atoms with Crippen molar-refractivity contribution in [2.45, 2.75) is 39.0 Å². The van der Waals surface area contributed by atoms with Crippen LogP contribution in [0.15, 0.2) is 29.5 Å². The van der Waals surface area contributed by atoms with Gasteiger partial charge in [-0.25, -0.2) is 0 Å². The number of Topliss-reactive ketones (excluding diaryl/α,β-unsaturated/α-hetero) is 1. The van der Waals surface area contributed by atoms with Crippen LogP contribution in [0.3, 0.4) is 0 Å². The van der Waals surface area contributed by atoms with Gasteiger partial charge in [-0.3, -0.25) is 9.59 Å². The van der Waals surface area contributed by atoms with E-state index in [2.05, 4.69) is 19.2 Å². The molecule has 1 atom stereocenters. The largest absolute Gasteiger partial charge is 0.493 e. The molecule has 1 aliphatic carbocycles. The molecule has 0 saturated carbocycles. The minimum absolute atomic E-state index is 0.0610. The maximum Gasteiger partial charge on any atom is 0.225 e. The monoisotopic (exact) mass is 329 g/mol. The zero-order valence-electron chi connectivity index (χ0n) is 14.6. The Labute approximate surface area is 142 Å². The Morgan fingerprint density at radius 3 is 2.54 bits per heavy atom. The van der Waals surface area contributed by atoms with Gasteiger partial charge >= 0.3 is 0 Å². The van der Waals surface area contributed by atoms with Gasteiger partial charge in [-0.15, -0.1) is 0 Å².